The predicted molar refractivity (Wildman–Crippen MR) is 60.7 cm³/mol. The summed E-state index contributed by atoms with van der Waals surface area (Å²) in [4.78, 5) is 4.34. The summed E-state index contributed by atoms with van der Waals surface area (Å²) in [7, 11) is 0. The van der Waals surface area contributed by atoms with Crippen molar-refractivity contribution in [3.8, 4) is 0 Å². The van der Waals surface area contributed by atoms with E-state index in [1.807, 2.05) is 12.3 Å². The molecular weight excluding hydrogens is 236 g/mol. The van der Waals surface area contributed by atoms with Gasteiger partial charge in [0.1, 0.15) is 15.0 Å². The molecule has 14 heavy (non-hydrogen) atoms. The Hall–Kier alpha value is -0.660. The van der Waals surface area contributed by atoms with Gasteiger partial charge in [0.15, 0.2) is 0 Å². The number of nitrogens with zero attached hydrogens (tertiary/aromatic N) is 3. The predicted octanol–water partition coefficient (Wildman–Crippen LogP) is 2.18. The van der Waals surface area contributed by atoms with Gasteiger partial charge in [-0.3, -0.25) is 0 Å². The molecule has 0 aliphatic rings. The Morgan fingerprint density at radius 2 is 2.43 bits per heavy atom. The Balaban J connectivity index is 1.98. The third-order valence-electron chi connectivity index (χ3n) is 1.52. The molecule has 2 heterocycles. The Morgan fingerprint density at radius 1 is 1.57 bits per heavy atom. The average Bonchev–Trinajstić information content (AvgIpc) is 2.72. The Kier molecular flexibility index (Phi) is 2.99. The molecule has 0 aliphatic heterocycles. The van der Waals surface area contributed by atoms with Crippen molar-refractivity contribution >= 4 is 39.6 Å². The molecule has 0 saturated carbocycles. The molecule has 2 aromatic rings. The highest BCUT2D eigenvalue weighted by Crippen LogP contribution is 2.27. The van der Waals surface area contributed by atoms with E-state index in [0.29, 0.717) is 5.00 Å². The highest BCUT2D eigenvalue weighted by Gasteiger charge is 2.06. The number of aryl methyl sites for hydroxylation is 1. The van der Waals surface area contributed by atoms with Gasteiger partial charge in [-0.1, -0.05) is 16.3 Å². The van der Waals surface area contributed by atoms with Crippen LogP contribution >= 0.6 is 34.6 Å². The molecular formula is C7H8N4S3. The van der Waals surface area contributed by atoms with Crippen LogP contribution in [0, 0.1) is 6.92 Å². The minimum Gasteiger partial charge on any atom is -0.388 e. The summed E-state index contributed by atoms with van der Waals surface area (Å²) in [6.45, 7) is 1.99. The SMILES string of the molecule is Cc1csc(SCc2nnsc2N)n1. The molecule has 2 aromatic heterocycles. The van der Waals surface area contributed by atoms with Gasteiger partial charge in [0.05, 0.1) is 0 Å². The highest BCUT2D eigenvalue weighted by atomic mass is 32.2. The molecule has 0 atom stereocenters. The summed E-state index contributed by atoms with van der Waals surface area (Å²) in [5, 5.41) is 6.67. The number of nitrogens with two attached hydrogens (primary N) is 1. The molecule has 0 bridgehead atoms. The van der Waals surface area contributed by atoms with Crippen molar-refractivity contribution in [1.29, 1.82) is 0 Å². The molecule has 0 aliphatic carbocycles. The fourth-order valence-corrected chi connectivity index (χ4v) is 3.18. The minimum atomic E-state index is 0.700. The molecule has 0 aromatic carbocycles. The first-order valence-electron chi connectivity index (χ1n) is 3.87. The first kappa shape index (κ1) is 9.88. The van der Waals surface area contributed by atoms with E-state index in [1.165, 1.54) is 11.5 Å². The van der Waals surface area contributed by atoms with Gasteiger partial charge in [-0.05, 0) is 6.92 Å². The maximum absolute atomic E-state index is 5.67. The zero-order valence-electron chi connectivity index (χ0n) is 7.43. The lowest BCUT2D eigenvalue weighted by atomic mass is 10.5. The van der Waals surface area contributed by atoms with Gasteiger partial charge >= 0.3 is 0 Å². The van der Waals surface area contributed by atoms with Crippen LogP contribution < -0.4 is 5.73 Å². The number of rotatable bonds is 3. The van der Waals surface area contributed by atoms with Crippen molar-refractivity contribution < 1.29 is 0 Å². The summed E-state index contributed by atoms with van der Waals surface area (Å²) < 4.78 is 4.83. The summed E-state index contributed by atoms with van der Waals surface area (Å²) in [5.74, 6) is 0.745. The second kappa shape index (κ2) is 4.24. The van der Waals surface area contributed by atoms with E-state index < -0.39 is 0 Å². The molecule has 0 amide bonds. The van der Waals surface area contributed by atoms with E-state index >= 15 is 0 Å². The van der Waals surface area contributed by atoms with Crippen molar-refractivity contribution in [3.63, 3.8) is 0 Å². The molecule has 7 heteroatoms. The van der Waals surface area contributed by atoms with Gasteiger partial charge in [0, 0.05) is 28.4 Å². The second-order valence-corrected chi connectivity index (χ2v) is 5.49. The molecule has 0 spiro atoms. The van der Waals surface area contributed by atoms with Crippen molar-refractivity contribution in [3.05, 3.63) is 16.8 Å². The smallest absolute Gasteiger partial charge is 0.150 e. The number of nitrogen functional groups attached to an aromatic ring is 1. The molecule has 0 unspecified atom stereocenters. The van der Waals surface area contributed by atoms with Crippen LogP contribution in [-0.2, 0) is 5.75 Å². The lowest BCUT2D eigenvalue weighted by Gasteiger charge is -1.93. The number of hydrogen-bond donors (Lipinski definition) is 1. The number of anilines is 1. The molecule has 0 radical (unpaired) electrons. The van der Waals surface area contributed by atoms with E-state index in [-0.39, 0.29) is 0 Å². The normalized spacial score (nSPS) is 10.6. The van der Waals surface area contributed by atoms with Crippen molar-refractivity contribution in [2.75, 3.05) is 5.73 Å². The fraction of sp³-hybridized carbons (Fsp3) is 0.286. The highest BCUT2D eigenvalue weighted by molar-refractivity contribution is 8.00. The van der Waals surface area contributed by atoms with E-state index in [9.17, 15) is 0 Å². The molecule has 0 saturated heterocycles. The number of aromatic nitrogens is 3. The molecule has 74 valence electrons. The van der Waals surface area contributed by atoms with Gasteiger partial charge in [-0.25, -0.2) is 4.98 Å². The molecule has 0 fully saturated rings. The van der Waals surface area contributed by atoms with Gasteiger partial charge in [0.25, 0.3) is 0 Å². The van der Waals surface area contributed by atoms with Crippen molar-refractivity contribution in [1.82, 2.24) is 14.6 Å². The first-order chi connectivity index (χ1) is 6.75. The summed E-state index contributed by atoms with van der Waals surface area (Å²) in [5.41, 5.74) is 7.58. The number of hydrogen-bond acceptors (Lipinski definition) is 7. The monoisotopic (exact) mass is 244 g/mol. The van der Waals surface area contributed by atoms with E-state index in [1.54, 1.807) is 23.1 Å². The second-order valence-electron chi connectivity index (χ2n) is 2.63. The van der Waals surface area contributed by atoms with Crippen LogP contribution in [0.2, 0.25) is 0 Å². The van der Waals surface area contributed by atoms with E-state index in [0.717, 1.165) is 21.5 Å². The zero-order valence-corrected chi connectivity index (χ0v) is 9.88. The third-order valence-corrected chi connectivity index (χ3v) is 4.26. The Labute approximate surface area is 93.7 Å². The fourth-order valence-electron chi connectivity index (χ4n) is 0.844. The zero-order chi connectivity index (χ0) is 9.97. The maximum atomic E-state index is 5.67. The summed E-state index contributed by atoms with van der Waals surface area (Å²) in [6.07, 6.45) is 0. The van der Waals surface area contributed by atoms with Crippen molar-refractivity contribution in [2.24, 2.45) is 0 Å². The van der Waals surface area contributed by atoms with Crippen LogP contribution in [0.5, 0.6) is 0 Å². The van der Waals surface area contributed by atoms with E-state index in [4.69, 9.17) is 5.73 Å². The van der Waals surface area contributed by atoms with Crippen LogP contribution in [0.1, 0.15) is 11.4 Å². The Bertz CT molecular complexity index is 422. The van der Waals surface area contributed by atoms with Gasteiger partial charge in [-0.2, -0.15) is 0 Å². The number of thioether (sulfide) groups is 1. The lowest BCUT2D eigenvalue weighted by molar-refractivity contribution is 1.07. The third kappa shape index (κ3) is 2.23. The molecule has 2 rings (SSSR count). The molecule has 4 nitrogen and oxygen atoms in total. The van der Waals surface area contributed by atoms with Crippen LogP contribution in [0.4, 0.5) is 5.00 Å². The van der Waals surface area contributed by atoms with Crippen LogP contribution in [0.25, 0.3) is 0 Å². The quantitative estimate of drug-likeness (QED) is 0.838. The van der Waals surface area contributed by atoms with Gasteiger partial charge in [0.2, 0.25) is 0 Å². The summed E-state index contributed by atoms with van der Waals surface area (Å²) >= 11 is 4.52. The topological polar surface area (TPSA) is 64.7 Å². The van der Waals surface area contributed by atoms with Crippen LogP contribution in [0.15, 0.2) is 9.72 Å². The summed E-state index contributed by atoms with van der Waals surface area (Å²) in [6, 6.07) is 0. The van der Waals surface area contributed by atoms with Crippen molar-refractivity contribution in [2.45, 2.75) is 17.0 Å². The minimum absolute atomic E-state index is 0.700. The maximum Gasteiger partial charge on any atom is 0.150 e. The largest absolute Gasteiger partial charge is 0.388 e. The van der Waals surface area contributed by atoms with Gasteiger partial charge < -0.3 is 5.73 Å². The standard InChI is InChI=1S/C7H8N4S3/c1-4-2-12-7(9-4)13-3-5-6(8)14-11-10-5/h2H,3,8H2,1H3. The molecule has 2 N–H and O–H groups in total. The Morgan fingerprint density at radius 3 is 3.00 bits per heavy atom. The van der Waals surface area contributed by atoms with E-state index in [2.05, 4.69) is 14.6 Å². The van der Waals surface area contributed by atoms with Crippen LogP contribution in [0.3, 0.4) is 0 Å². The first-order valence-corrected chi connectivity index (χ1v) is 6.51. The number of thiazole rings is 1. The van der Waals surface area contributed by atoms with Crippen LogP contribution in [-0.4, -0.2) is 14.6 Å². The van der Waals surface area contributed by atoms with Gasteiger partial charge in [-0.15, -0.1) is 16.4 Å². The lowest BCUT2D eigenvalue weighted by Crippen LogP contribution is -1.88. The average molecular weight is 244 g/mol.